The summed E-state index contributed by atoms with van der Waals surface area (Å²) in [5, 5.41) is 43.6. The van der Waals surface area contributed by atoms with Crippen LogP contribution in [0.5, 0.6) is 0 Å². The maximum absolute atomic E-state index is 12.6. The van der Waals surface area contributed by atoms with Crippen LogP contribution in [-0.2, 0) is 47.5 Å². The van der Waals surface area contributed by atoms with Crippen LogP contribution in [0, 0.1) is 0 Å². The highest BCUT2D eigenvalue weighted by atomic mass is 32.2. The molecule has 3 aliphatic heterocycles. The summed E-state index contributed by atoms with van der Waals surface area (Å²) in [6.45, 7) is 3.74. The summed E-state index contributed by atoms with van der Waals surface area (Å²) < 4.78 is 38.0. The summed E-state index contributed by atoms with van der Waals surface area (Å²) >= 11 is 1.83. The minimum Gasteiger partial charge on any atom is -0.477 e. The third kappa shape index (κ3) is 17.8. The molecule has 3 rings (SSSR count). The summed E-state index contributed by atoms with van der Waals surface area (Å²) in [5.41, 5.74) is 11.0. The molecule has 0 aromatic carbocycles. The van der Waals surface area contributed by atoms with E-state index in [4.69, 9.17) is 44.6 Å². The number of rotatable bonds is 29. The number of ether oxygens (including phenoxy) is 7. The fourth-order valence-electron chi connectivity index (χ4n) is 6.10. The van der Waals surface area contributed by atoms with Crippen molar-refractivity contribution in [2.24, 2.45) is 16.5 Å². The van der Waals surface area contributed by atoms with Gasteiger partial charge in [0.05, 0.1) is 96.8 Å². The predicted octanol–water partition coefficient (Wildman–Crippen LogP) is -3.52. The number of amides is 5. The van der Waals surface area contributed by atoms with E-state index in [1.807, 2.05) is 11.8 Å². The van der Waals surface area contributed by atoms with Crippen molar-refractivity contribution >= 4 is 47.6 Å². The largest absolute Gasteiger partial charge is 0.477 e. The lowest BCUT2D eigenvalue weighted by Gasteiger charge is -2.39. The van der Waals surface area contributed by atoms with E-state index in [0.29, 0.717) is 64.5 Å². The number of aliphatic hydroxyl groups is 2. The highest BCUT2D eigenvalue weighted by molar-refractivity contribution is 8.00. The number of urea groups is 1. The van der Waals surface area contributed by atoms with Gasteiger partial charge in [-0.2, -0.15) is 11.8 Å². The van der Waals surface area contributed by atoms with Crippen molar-refractivity contribution in [2.75, 3.05) is 91.5 Å². The number of aliphatic hydroxyl groups excluding tert-OH is 2. The van der Waals surface area contributed by atoms with Crippen LogP contribution in [0.3, 0.4) is 0 Å². The van der Waals surface area contributed by atoms with Crippen LogP contribution in [0.1, 0.15) is 26.2 Å². The molecule has 0 saturated carbocycles. The number of nitrogens with zero attached hydrogens (tertiary/aromatic N) is 1. The highest BCUT2D eigenvalue weighted by Gasteiger charge is 2.46. The molecule has 0 aliphatic carbocycles. The summed E-state index contributed by atoms with van der Waals surface area (Å²) in [4.78, 5) is 63.8. The molecule has 2 saturated heterocycles. The molecule has 0 radical (unpaired) electrons. The summed E-state index contributed by atoms with van der Waals surface area (Å²) in [7, 11) is 0. The molecule has 0 bridgehead atoms. The summed E-state index contributed by atoms with van der Waals surface area (Å²) in [6.07, 6.45) is -2.88. The van der Waals surface area contributed by atoms with Gasteiger partial charge in [0, 0.05) is 37.4 Å². The molecule has 3 heterocycles. The van der Waals surface area contributed by atoms with Crippen molar-refractivity contribution in [1.29, 1.82) is 0 Å². The fraction of sp³-hybridized carbons (Fsp3) is 0.765. The zero-order valence-electron chi connectivity index (χ0n) is 32.5. The van der Waals surface area contributed by atoms with Crippen LogP contribution in [0.4, 0.5) is 9.59 Å². The Morgan fingerprint density at radius 2 is 1.53 bits per heavy atom. The third-order valence-electron chi connectivity index (χ3n) is 8.72. The van der Waals surface area contributed by atoms with Gasteiger partial charge < -0.3 is 86.5 Å². The van der Waals surface area contributed by atoms with Crippen molar-refractivity contribution in [3.05, 3.63) is 11.8 Å². The number of aliphatic imine (C=N–C) groups is 1. The average Bonchev–Trinajstić information content (AvgIpc) is 3.73. The van der Waals surface area contributed by atoms with Gasteiger partial charge >= 0.3 is 18.1 Å². The number of hydrogen-bond donors (Lipinski definition) is 10. The van der Waals surface area contributed by atoms with Gasteiger partial charge in [0.25, 0.3) is 0 Å². The quantitative estimate of drug-likeness (QED) is 0.0151. The van der Waals surface area contributed by atoms with E-state index in [1.165, 1.54) is 6.92 Å². The van der Waals surface area contributed by atoms with Gasteiger partial charge in [0.1, 0.15) is 6.10 Å². The summed E-state index contributed by atoms with van der Waals surface area (Å²) in [5.74, 6) is -2.28. The Kier molecular flexibility index (Phi) is 22.2. The second-order valence-corrected chi connectivity index (χ2v) is 14.4. The second kappa shape index (κ2) is 26.8. The van der Waals surface area contributed by atoms with Crippen molar-refractivity contribution in [3.8, 4) is 0 Å². The zero-order chi connectivity index (χ0) is 42.3. The molecule has 24 heteroatoms. The molecule has 0 aromatic heterocycles. The summed E-state index contributed by atoms with van der Waals surface area (Å²) in [6, 6.07) is -2.16. The van der Waals surface area contributed by atoms with E-state index >= 15 is 0 Å². The van der Waals surface area contributed by atoms with Crippen molar-refractivity contribution in [2.45, 2.75) is 73.9 Å². The Labute approximate surface area is 340 Å². The van der Waals surface area contributed by atoms with Crippen LogP contribution in [0.2, 0.25) is 0 Å². The van der Waals surface area contributed by atoms with Crippen LogP contribution >= 0.6 is 11.8 Å². The standard InChI is InChI=1S/C34H58N8O15S/c1-20(44)39-28-21(40-32(35)36)17-24(31(47)48)56-30(28)29(23(45)18-43)57-34(50)38-6-8-52-10-12-54-14-16-55-15-13-53-11-9-51-7-5-37-26(46)4-2-3-25-27-22(19-58-25)41-33(49)42-27/h17,21-23,25,27-30,43,45H,2-16,18-19H2,1H3,(H,37,46)(H,38,50)(H,39,44)(H,47,48)(H4,35,36,40)(H2,41,42,49)/t21-,22-,23+,25-,27-,28+,29+,30?/m0/s1. The van der Waals surface area contributed by atoms with Gasteiger partial charge in [-0.3, -0.25) is 9.59 Å². The first-order valence-electron chi connectivity index (χ1n) is 18.9. The number of fused-ring (bicyclic) bond motifs is 1. The maximum atomic E-state index is 12.6. The smallest absolute Gasteiger partial charge is 0.407 e. The van der Waals surface area contributed by atoms with Gasteiger partial charge in [-0.1, -0.05) is 0 Å². The number of carboxylic acids is 1. The molecule has 58 heavy (non-hydrogen) atoms. The monoisotopic (exact) mass is 850 g/mol. The molecule has 2 fully saturated rings. The first-order chi connectivity index (χ1) is 27.9. The van der Waals surface area contributed by atoms with Gasteiger partial charge in [-0.15, -0.1) is 0 Å². The van der Waals surface area contributed by atoms with Crippen LogP contribution in [-0.4, -0.2) is 190 Å². The predicted molar refractivity (Wildman–Crippen MR) is 206 cm³/mol. The number of nitrogens with two attached hydrogens (primary N) is 2. The van der Waals surface area contributed by atoms with Crippen LogP contribution in [0.15, 0.2) is 16.8 Å². The first kappa shape index (κ1) is 48.2. The lowest BCUT2D eigenvalue weighted by Crippen LogP contribution is -2.61. The molecule has 12 N–H and O–H groups in total. The minimum absolute atomic E-state index is 0.0184. The van der Waals surface area contributed by atoms with Crippen LogP contribution in [0.25, 0.3) is 0 Å². The number of carboxylic acid groups (broad SMARTS) is 1. The van der Waals surface area contributed by atoms with Gasteiger partial charge in [-0.05, 0) is 18.9 Å². The van der Waals surface area contributed by atoms with E-state index in [0.717, 1.165) is 24.7 Å². The number of carbonyl (C=O) groups excluding carboxylic acids is 4. The van der Waals surface area contributed by atoms with Crippen molar-refractivity contribution in [1.82, 2.24) is 26.6 Å². The van der Waals surface area contributed by atoms with E-state index in [1.54, 1.807) is 0 Å². The Morgan fingerprint density at radius 3 is 2.09 bits per heavy atom. The average molecular weight is 851 g/mol. The fourth-order valence-corrected chi connectivity index (χ4v) is 7.64. The third-order valence-corrected chi connectivity index (χ3v) is 10.2. The zero-order valence-corrected chi connectivity index (χ0v) is 33.3. The molecular formula is C34H58N8O15S. The number of carbonyl (C=O) groups is 5. The lowest BCUT2D eigenvalue weighted by atomic mass is 9.92. The molecule has 8 atom stereocenters. The Bertz CT molecular complexity index is 1380. The molecule has 0 spiro atoms. The number of hydrogen-bond acceptors (Lipinski definition) is 16. The number of alkyl carbamates (subject to hydrolysis) is 1. The molecule has 3 aliphatic rings. The molecule has 23 nitrogen and oxygen atoms in total. The number of nitrogens with one attached hydrogen (secondary N) is 5. The van der Waals surface area contributed by atoms with Gasteiger partial charge in [0.2, 0.25) is 17.6 Å². The number of thioether (sulfide) groups is 1. The Balaban J connectivity index is 1.14. The Hall–Kier alpha value is -4.17. The molecular weight excluding hydrogens is 792 g/mol. The minimum atomic E-state index is -1.75. The normalized spacial score (nSPS) is 23.2. The van der Waals surface area contributed by atoms with E-state index in [-0.39, 0.29) is 50.4 Å². The lowest BCUT2D eigenvalue weighted by molar-refractivity contribution is -0.146. The van der Waals surface area contributed by atoms with Gasteiger partial charge in [-0.25, -0.2) is 19.4 Å². The highest BCUT2D eigenvalue weighted by Crippen LogP contribution is 2.33. The van der Waals surface area contributed by atoms with Crippen molar-refractivity contribution < 1.29 is 72.5 Å². The van der Waals surface area contributed by atoms with Gasteiger partial charge in [0.15, 0.2) is 18.2 Å². The molecule has 5 amide bonds. The SMILES string of the molecule is CC(=O)N[C@H]1C([C@H](OC(=O)NCCOCCOCCOCCOCCOCCNC(=O)CCC[C@@H]2SC[C@@H]3NC(=O)N[C@@H]32)[C@H](O)CO)OC(C(=O)O)=C[C@@H]1N=C(N)N. The van der Waals surface area contributed by atoms with Crippen LogP contribution < -0.4 is 38.1 Å². The topological polar surface area (TPSA) is 335 Å². The Morgan fingerprint density at radius 1 is 0.948 bits per heavy atom. The molecule has 330 valence electrons. The van der Waals surface area contributed by atoms with Crippen molar-refractivity contribution in [3.63, 3.8) is 0 Å². The number of guanidine groups is 1. The van der Waals surface area contributed by atoms with E-state index in [2.05, 4.69) is 31.6 Å². The van der Waals surface area contributed by atoms with E-state index < -0.39 is 66.7 Å². The van der Waals surface area contributed by atoms with E-state index in [9.17, 15) is 39.3 Å². The maximum Gasteiger partial charge on any atom is 0.407 e. The second-order valence-electron chi connectivity index (χ2n) is 13.2. The number of aliphatic carboxylic acids is 1. The first-order valence-corrected chi connectivity index (χ1v) is 20.0. The molecule has 1 unspecified atom stereocenters. The molecule has 0 aromatic rings.